The molecule has 0 unspecified atom stereocenters. The third kappa shape index (κ3) is 7.20. The first-order valence-corrected chi connectivity index (χ1v) is 25.7. The Morgan fingerprint density at radius 2 is 0.680 bits per heavy atom. The number of nitrogens with zero attached hydrogens (tertiary/aromatic N) is 2. The fourth-order valence-corrected chi connectivity index (χ4v) is 11.7. The molecule has 3 nitrogen and oxygen atoms in total. The van der Waals surface area contributed by atoms with Crippen molar-refractivity contribution in [2.24, 2.45) is 0 Å². The van der Waals surface area contributed by atoms with Crippen molar-refractivity contribution in [3.05, 3.63) is 279 Å². The minimum atomic E-state index is 0.904. The van der Waals surface area contributed by atoms with E-state index in [-0.39, 0.29) is 0 Å². The Hall–Kier alpha value is -9.96. The van der Waals surface area contributed by atoms with Gasteiger partial charge in [0.15, 0.2) is 0 Å². The zero-order chi connectivity index (χ0) is 49.4. The van der Waals surface area contributed by atoms with E-state index in [1.54, 1.807) is 0 Å². The molecule has 2 heterocycles. The summed E-state index contributed by atoms with van der Waals surface area (Å²) >= 11 is 0. The molecule has 0 aliphatic carbocycles. The van der Waals surface area contributed by atoms with Crippen molar-refractivity contribution in [3.8, 4) is 50.2 Å². The quantitative estimate of drug-likeness (QED) is 0.142. The molecule has 0 spiro atoms. The number of furan rings is 1. The van der Waals surface area contributed by atoms with Gasteiger partial charge in [-0.05, 0) is 139 Å². The first-order valence-electron chi connectivity index (χ1n) is 25.7. The summed E-state index contributed by atoms with van der Waals surface area (Å²) in [6.45, 7) is 0. The van der Waals surface area contributed by atoms with Gasteiger partial charge in [0.05, 0.1) is 11.0 Å². The molecule has 0 fully saturated rings. The van der Waals surface area contributed by atoms with Gasteiger partial charge in [0.25, 0.3) is 0 Å². The highest BCUT2D eigenvalue weighted by Crippen LogP contribution is 2.42. The number of rotatable bonds is 8. The maximum absolute atomic E-state index is 6.77. The summed E-state index contributed by atoms with van der Waals surface area (Å²) in [7, 11) is 0. The number of para-hydroxylation sites is 3. The van der Waals surface area contributed by atoms with Crippen molar-refractivity contribution in [3.63, 3.8) is 0 Å². The van der Waals surface area contributed by atoms with E-state index in [9.17, 15) is 0 Å². The van der Waals surface area contributed by atoms with E-state index in [0.29, 0.717) is 0 Å². The molecule has 0 aliphatic heterocycles. The molecule has 0 radical (unpaired) electrons. The van der Waals surface area contributed by atoms with Crippen LogP contribution in [-0.4, -0.2) is 4.57 Å². The van der Waals surface area contributed by atoms with Crippen LogP contribution in [0.2, 0.25) is 0 Å². The van der Waals surface area contributed by atoms with Crippen molar-refractivity contribution < 1.29 is 4.42 Å². The molecule has 3 heteroatoms. The maximum Gasteiger partial charge on any atom is 0.143 e. The van der Waals surface area contributed by atoms with E-state index in [1.807, 2.05) is 0 Å². The van der Waals surface area contributed by atoms with Gasteiger partial charge in [-0.25, -0.2) is 0 Å². The predicted molar refractivity (Wildman–Crippen MR) is 317 cm³/mol. The van der Waals surface area contributed by atoms with Crippen LogP contribution in [0, 0.1) is 0 Å². The van der Waals surface area contributed by atoms with Crippen LogP contribution in [0.1, 0.15) is 0 Å². The minimum Gasteiger partial charge on any atom is -0.455 e. The normalized spacial score (nSPS) is 11.7. The zero-order valence-electron chi connectivity index (χ0n) is 40.9. The molecule has 2 aromatic heterocycles. The number of hydrogen-bond donors (Lipinski definition) is 0. The molecule has 0 amide bonds. The molecule has 15 aromatic rings. The second-order valence-corrected chi connectivity index (χ2v) is 19.6. The van der Waals surface area contributed by atoms with Crippen LogP contribution >= 0.6 is 0 Å². The van der Waals surface area contributed by atoms with E-state index < -0.39 is 0 Å². The van der Waals surface area contributed by atoms with Crippen LogP contribution in [0.5, 0.6) is 0 Å². The molecule has 0 bridgehead atoms. The largest absolute Gasteiger partial charge is 0.455 e. The average molecular weight is 955 g/mol. The Balaban J connectivity index is 0.779. The third-order valence-electron chi connectivity index (χ3n) is 15.4. The standard InChI is InChI=1S/C72H46N2O/c1-3-15-61-51(11-1)27-28-56-45-55(36-43-62(56)61)49-25-23-47(24-26-49)48-29-37-57(38-30-48)73(59-41-33-53(34-42-59)64-19-10-20-67-68-44-35-52-12-2-4-16-63(52)72(68)75-71(64)67)58-39-31-50(32-40-58)54-13-9-14-60(46-54)74-69-21-7-5-17-65(69)66-18-6-8-22-70(66)74/h1-46H. The van der Waals surface area contributed by atoms with E-state index in [2.05, 4.69) is 289 Å². The Bertz CT molecular complexity index is 4620. The fraction of sp³-hybridized carbons (Fsp3) is 0. The van der Waals surface area contributed by atoms with Crippen LogP contribution in [0.3, 0.4) is 0 Å². The van der Waals surface area contributed by atoms with Gasteiger partial charge in [0.2, 0.25) is 0 Å². The molecular formula is C72H46N2O. The number of hydrogen-bond acceptors (Lipinski definition) is 2. The van der Waals surface area contributed by atoms with E-state index in [0.717, 1.165) is 77.9 Å². The van der Waals surface area contributed by atoms with Gasteiger partial charge in [0.1, 0.15) is 11.2 Å². The lowest BCUT2D eigenvalue weighted by molar-refractivity contribution is 0.674. The van der Waals surface area contributed by atoms with Crippen LogP contribution in [-0.2, 0) is 0 Å². The number of fused-ring (bicyclic) bond motifs is 11. The molecule has 15 rings (SSSR count). The van der Waals surface area contributed by atoms with Crippen LogP contribution in [0.4, 0.5) is 17.1 Å². The second kappa shape index (κ2) is 17.4. The van der Waals surface area contributed by atoms with Gasteiger partial charge >= 0.3 is 0 Å². The molecule has 75 heavy (non-hydrogen) atoms. The zero-order valence-corrected chi connectivity index (χ0v) is 40.9. The molecule has 0 aliphatic rings. The van der Waals surface area contributed by atoms with Gasteiger partial charge < -0.3 is 13.9 Å². The Morgan fingerprint density at radius 1 is 0.253 bits per heavy atom. The molecule has 0 N–H and O–H groups in total. The average Bonchev–Trinajstić information content (AvgIpc) is 4.07. The van der Waals surface area contributed by atoms with Crippen molar-refractivity contribution in [1.82, 2.24) is 4.57 Å². The van der Waals surface area contributed by atoms with Gasteiger partial charge in [-0.15, -0.1) is 0 Å². The molecule has 0 atom stereocenters. The maximum atomic E-state index is 6.77. The first kappa shape index (κ1) is 42.7. The summed E-state index contributed by atoms with van der Waals surface area (Å²) in [4.78, 5) is 2.35. The molecule has 13 aromatic carbocycles. The van der Waals surface area contributed by atoms with Crippen molar-refractivity contribution in [1.29, 1.82) is 0 Å². The third-order valence-corrected chi connectivity index (χ3v) is 15.4. The molecule has 0 saturated carbocycles. The first-order chi connectivity index (χ1) is 37.2. The van der Waals surface area contributed by atoms with Crippen LogP contribution < -0.4 is 4.90 Å². The number of anilines is 3. The highest BCUT2D eigenvalue weighted by atomic mass is 16.3. The molecule has 0 saturated heterocycles. The highest BCUT2D eigenvalue weighted by Gasteiger charge is 2.18. The Labute approximate surface area is 434 Å². The lowest BCUT2D eigenvalue weighted by Crippen LogP contribution is -2.09. The minimum absolute atomic E-state index is 0.904. The Morgan fingerprint density at radius 3 is 1.33 bits per heavy atom. The SMILES string of the molecule is c1cc(-c2ccc(N(c3ccc(-c4ccc(-c5ccc6c(ccc7ccccc76)c5)cc4)cc3)c3ccc(-c4cccc5c4oc4c6ccccc6ccc54)cc3)cc2)cc(-n2c3ccccc3c3ccccc32)c1. The highest BCUT2D eigenvalue weighted by molar-refractivity contribution is 6.17. The lowest BCUT2D eigenvalue weighted by Gasteiger charge is -2.26. The summed E-state index contributed by atoms with van der Waals surface area (Å²) in [5.74, 6) is 0. The van der Waals surface area contributed by atoms with Crippen molar-refractivity contribution >= 4 is 93.1 Å². The fourth-order valence-electron chi connectivity index (χ4n) is 11.7. The van der Waals surface area contributed by atoms with Gasteiger partial charge in [0, 0.05) is 55.2 Å². The van der Waals surface area contributed by atoms with Crippen molar-refractivity contribution in [2.45, 2.75) is 0 Å². The van der Waals surface area contributed by atoms with E-state index in [1.165, 1.54) is 65.4 Å². The predicted octanol–water partition coefficient (Wildman–Crippen LogP) is 20.3. The summed E-state index contributed by atoms with van der Waals surface area (Å²) < 4.78 is 9.16. The van der Waals surface area contributed by atoms with Crippen LogP contribution in [0.25, 0.3) is 126 Å². The molecular weight excluding hydrogens is 909 g/mol. The van der Waals surface area contributed by atoms with Gasteiger partial charge in [-0.2, -0.15) is 0 Å². The second-order valence-electron chi connectivity index (χ2n) is 19.6. The lowest BCUT2D eigenvalue weighted by atomic mass is 9.96. The number of benzene rings is 13. The van der Waals surface area contributed by atoms with Gasteiger partial charge in [-0.1, -0.05) is 206 Å². The summed E-state index contributed by atoms with van der Waals surface area (Å²) in [6.07, 6.45) is 0. The van der Waals surface area contributed by atoms with Crippen molar-refractivity contribution in [2.75, 3.05) is 4.90 Å². The van der Waals surface area contributed by atoms with E-state index >= 15 is 0 Å². The summed E-state index contributed by atoms with van der Waals surface area (Å²) in [6, 6.07) is 101. The smallest absolute Gasteiger partial charge is 0.143 e. The topological polar surface area (TPSA) is 21.3 Å². The number of aromatic nitrogens is 1. The molecule has 350 valence electrons. The van der Waals surface area contributed by atoms with Gasteiger partial charge in [-0.3, -0.25) is 0 Å². The Kier molecular flexibility index (Phi) is 9.89. The summed E-state index contributed by atoms with van der Waals surface area (Å²) in [5.41, 5.74) is 17.8. The monoisotopic (exact) mass is 954 g/mol. The summed E-state index contributed by atoms with van der Waals surface area (Å²) in [5, 5.41) is 12.2. The van der Waals surface area contributed by atoms with E-state index in [4.69, 9.17) is 4.42 Å². The van der Waals surface area contributed by atoms with Crippen LogP contribution in [0.15, 0.2) is 283 Å².